The normalized spacial score (nSPS) is 13.6. The molecule has 0 radical (unpaired) electrons. The van der Waals surface area contributed by atoms with Gasteiger partial charge in [0, 0.05) is 6.54 Å². The van der Waals surface area contributed by atoms with Crippen LogP contribution < -0.4 is 5.32 Å². The summed E-state index contributed by atoms with van der Waals surface area (Å²) in [5, 5.41) is 20.5. The van der Waals surface area contributed by atoms with Crippen LogP contribution >= 0.6 is 0 Å². The van der Waals surface area contributed by atoms with E-state index in [0.717, 1.165) is 12.4 Å². The number of hydrogen-bond donors (Lipinski definition) is 3. The Morgan fingerprint density at radius 3 is 2.32 bits per heavy atom. The molecule has 0 fully saturated rings. The van der Waals surface area contributed by atoms with E-state index in [-0.39, 0.29) is 17.3 Å². The topological polar surface area (TPSA) is 112 Å². The lowest BCUT2D eigenvalue weighted by molar-refractivity contribution is 0.0689. The van der Waals surface area contributed by atoms with Gasteiger partial charge in [0.2, 0.25) is 0 Å². The molecule has 1 heterocycles. The maximum Gasteiger partial charge on any atom is 0.356 e. The molecule has 0 aliphatic heterocycles. The zero-order valence-corrected chi connectivity index (χ0v) is 10.8. The zero-order chi connectivity index (χ0) is 14.4. The van der Waals surface area contributed by atoms with Crippen LogP contribution in [0.3, 0.4) is 0 Å². The molecule has 0 aliphatic rings. The molecule has 0 aliphatic carbocycles. The molecule has 0 aromatic carbocycles. The minimum absolute atomic E-state index is 0.0641. The summed E-state index contributed by atoms with van der Waals surface area (Å²) in [6, 6.07) is 0. The Morgan fingerprint density at radius 1 is 1.26 bits per heavy atom. The van der Waals surface area contributed by atoms with Gasteiger partial charge in [0.1, 0.15) is 5.69 Å². The van der Waals surface area contributed by atoms with Crippen molar-refractivity contribution in [3.63, 3.8) is 0 Å². The van der Waals surface area contributed by atoms with Gasteiger partial charge in [-0.1, -0.05) is 6.92 Å². The highest BCUT2D eigenvalue weighted by atomic mass is 16.4. The maximum absolute atomic E-state index is 11.7. The van der Waals surface area contributed by atoms with E-state index in [2.05, 4.69) is 15.3 Å². The van der Waals surface area contributed by atoms with Gasteiger partial charge in [0.15, 0.2) is 5.69 Å². The number of rotatable bonds is 6. The molecule has 7 heteroatoms. The summed E-state index contributed by atoms with van der Waals surface area (Å²) >= 11 is 0. The van der Waals surface area contributed by atoms with Gasteiger partial charge in [0.25, 0.3) is 5.91 Å². The number of nitrogens with one attached hydrogen (secondary N) is 1. The van der Waals surface area contributed by atoms with Crippen LogP contribution in [-0.2, 0) is 0 Å². The van der Waals surface area contributed by atoms with E-state index < -0.39 is 18.0 Å². The number of carboxylic acid groups (broad SMARTS) is 1. The number of carboxylic acids is 1. The fourth-order valence-electron chi connectivity index (χ4n) is 1.58. The predicted octanol–water partition coefficient (Wildman–Crippen LogP) is 0.312. The third-order valence-electron chi connectivity index (χ3n) is 2.46. The lowest BCUT2D eigenvalue weighted by atomic mass is 10.0. The molecular formula is C12H17N3O4. The standard InChI is InChI=1S/C12H17N3O4/c1-7(3-8(2)16)4-15-11(17)9-5-14-10(6-13-9)12(18)19/h5-8,16H,3-4H2,1-2H3,(H,15,17)(H,18,19). The zero-order valence-electron chi connectivity index (χ0n) is 10.8. The molecule has 7 nitrogen and oxygen atoms in total. The SMILES string of the molecule is CC(O)CC(C)CNC(=O)c1cnc(C(=O)O)cn1. The number of amides is 1. The molecule has 1 aromatic rings. The van der Waals surface area contributed by atoms with E-state index in [1.165, 1.54) is 0 Å². The average molecular weight is 267 g/mol. The van der Waals surface area contributed by atoms with Crippen molar-refractivity contribution in [2.45, 2.75) is 26.4 Å². The molecule has 2 atom stereocenters. The second-order valence-corrected chi connectivity index (χ2v) is 4.49. The lowest BCUT2D eigenvalue weighted by Crippen LogP contribution is -2.30. The highest BCUT2D eigenvalue weighted by Crippen LogP contribution is 2.04. The molecule has 0 bridgehead atoms. The summed E-state index contributed by atoms with van der Waals surface area (Å²) in [7, 11) is 0. The molecule has 1 amide bonds. The number of aromatic nitrogens is 2. The Balaban J connectivity index is 2.52. The summed E-state index contributed by atoms with van der Waals surface area (Å²) in [4.78, 5) is 29.6. The smallest absolute Gasteiger partial charge is 0.356 e. The van der Waals surface area contributed by atoms with Gasteiger partial charge in [-0.3, -0.25) is 4.79 Å². The molecule has 19 heavy (non-hydrogen) atoms. The van der Waals surface area contributed by atoms with Crippen molar-refractivity contribution in [2.75, 3.05) is 6.54 Å². The van der Waals surface area contributed by atoms with E-state index in [4.69, 9.17) is 5.11 Å². The number of aliphatic hydroxyl groups excluding tert-OH is 1. The van der Waals surface area contributed by atoms with Crippen LogP contribution in [0.5, 0.6) is 0 Å². The summed E-state index contributed by atoms with van der Waals surface area (Å²) in [6.07, 6.45) is 2.33. The largest absolute Gasteiger partial charge is 0.476 e. The second-order valence-electron chi connectivity index (χ2n) is 4.49. The van der Waals surface area contributed by atoms with Crippen molar-refractivity contribution < 1.29 is 19.8 Å². The summed E-state index contributed by atoms with van der Waals surface area (Å²) in [6.45, 7) is 4.01. The van der Waals surface area contributed by atoms with Crippen molar-refractivity contribution in [3.8, 4) is 0 Å². The van der Waals surface area contributed by atoms with Crippen LogP contribution in [0.4, 0.5) is 0 Å². The minimum atomic E-state index is -1.19. The summed E-state index contributed by atoms with van der Waals surface area (Å²) in [5.41, 5.74) is -0.145. The van der Waals surface area contributed by atoms with Gasteiger partial charge >= 0.3 is 5.97 Å². The third kappa shape index (κ3) is 5.01. The van der Waals surface area contributed by atoms with Gasteiger partial charge < -0.3 is 15.5 Å². The number of carbonyl (C=O) groups is 2. The number of carbonyl (C=O) groups excluding carboxylic acids is 1. The van der Waals surface area contributed by atoms with Gasteiger partial charge in [-0.15, -0.1) is 0 Å². The van der Waals surface area contributed by atoms with E-state index in [9.17, 15) is 14.7 Å². The second kappa shape index (κ2) is 6.79. The molecule has 3 N–H and O–H groups in total. The Kier molecular flexibility index (Phi) is 5.37. The van der Waals surface area contributed by atoms with Crippen molar-refractivity contribution >= 4 is 11.9 Å². The average Bonchev–Trinajstić information content (AvgIpc) is 2.35. The molecular weight excluding hydrogens is 250 g/mol. The minimum Gasteiger partial charge on any atom is -0.476 e. The summed E-state index contributed by atoms with van der Waals surface area (Å²) in [5.74, 6) is -1.47. The lowest BCUT2D eigenvalue weighted by Gasteiger charge is -2.13. The van der Waals surface area contributed by atoms with Crippen LogP contribution in [0.1, 0.15) is 41.2 Å². The number of nitrogens with zero attached hydrogens (tertiary/aromatic N) is 2. The van der Waals surface area contributed by atoms with Gasteiger partial charge in [-0.2, -0.15) is 0 Å². The monoisotopic (exact) mass is 267 g/mol. The molecule has 104 valence electrons. The maximum atomic E-state index is 11.7. The molecule has 1 aromatic heterocycles. The van der Waals surface area contributed by atoms with Crippen LogP contribution in [0.15, 0.2) is 12.4 Å². The molecule has 2 unspecified atom stereocenters. The first kappa shape index (κ1) is 15.0. The first-order valence-corrected chi connectivity index (χ1v) is 5.91. The van der Waals surface area contributed by atoms with Crippen molar-refractivity contribution in [1.29, 1.82) is 0 Å². The van der Waals surface area contributed by atoms with Crippen molar-refractivity contribution in [3.05, 3.63) is 23.8 Å². The van der Waals surface area contributed by atoms with E-state index in [1.807, 2.05) is 6.92 Å². The van der Waals surface area contributed by atoms with Crippen molar-refractivity contribution in [1.82, 2.24) is 15.3 Å². The van der Waals surface area contributed by atoms with Gasteiger partial charge in [-0.25, -0.2) is 14.8 Å². The third-order valence-corrected chi connectivity index (χ3v) is 2.46. The number of hydrogen-bond acceptors (Lipinski definition) is 5. The Labute approximate surface area is 110 Å². The Bertz CT molecular complexity index is 445. The van der Waals surface area contributed by atoms with Gasteiger partial charge in [-0.05, 0) is 19.3 Å². The summed E-state index contributed by atoms with van der Waals surface area (Å²) < 4.78 is 0. The fraction of sp³-hybridized carbons (Fsp3) is 0.500. The van der Waals surface area contributed by atoms with Gasteiger partial charge in [0.05, 0.1) is 18.5 Å². The first-order chi connectivity index (χ1) is 8.90. The van der Waals surface area contributed by atoms with Crippen LogP contribution in [0, 0.1) is 5.92 Å². The quantitative estimate of drug-likeness (QED) is 0.684. The van der Waals surface area contributed by atoms with Crippen molar-refractivity contribution in [2.24, 2.45) is 5.92 Å². The predicted molar refractivity (Wildman–Crippen MR) is 66.8 cm³/mol. The molecule has 0 saturated carbocycles. The first-order valence-electron chi connectivity index (χ1n) is 5.91. The van der Waals surface area contributed by atoms with Crippen LogP contribution in [0.2, 0.25) is 0 Å². The molecule has 0 spiro atoms. The van der Waals surface area contributed by atoms with Crippen LogP contribution in [0.25, 0.3) is 0 Å². The fourth-order valence-corrected chi connectivity index (χ4v) is 1.58. The van der Waals surface area contributed by atoms with E-state index in [1.54, 1.807) is 6.92 Å². The Morgan fingerprint density at radius 2 is 1.84 bits per heavy atom. The highest BCUT2D eigenvalue weighted by molar-refractivity contribution is 5.92. The molecule has 1 rings (SSSR count). The van der Waals surface area contributed by atoms with E-state index in [0.29, 0.717) is 13.0 Å². The van der Waals surface area contributed by atoms with Crippen LogP contribution in [-0.4, -0.2) is 44.7 Å². The number of aliphatic hydroxyl groups is 1. The highest BCUT2D eigenvalue weighted by Gasteiger charge is 2.12. The Hall–Kier alpha value is -2.02. The molecule has 0 saturated heterocycles. The number of aromatic carboxylic acids is 1. The van der Waals surface area contributed by atoms with E-state index >= 15 is 0 Å².